The van der Waals surface area contributed by atoms with Gasteiger partial charge in [-0.1, -0.05) is 27.5 Å². The number of halogens is 3. The van der Waals surface area contributed by atoms with Crippen molar-refractivity contribution in [2.24, 2.45) is 0 Å². The highest BCUT2D eigenvalue weighted by Crippen LogP contribution is 2.24. The zero-order valence-corrected chi connectivity index (χ0v) is 13.3. The van der Waals surface area contributed by atoms with E-state index in [0.717, 1.165) is 16.9 Å². The van der Waals surface area contributed by atoms with E-state index in [9.17, 15) is 4.39 Å². The first-order chi connectivity index (χ1) is 9.58. The molecule has 0 bridgehead atoms. The van der Waals surface area contributed by atoms with Crippen LogP contribution >= 0.6 is 27.5 Å². The van der Waals surface area contributed by atoms with Crippen molar-refractivity contribution in [1.82, 2.24) is 5.32 Å². The minimum absolute atomic E-state index is 0.287. The molecule has 2 rings (SSSR count). The normalized spacial score (nSPS) is 10.6. The summed E-state index contributed by atoms with van der Waals surface area (Å²) < 4.78 is 19.7. The van der Waals surface area contributed by atoms with E-state index < -0.39 is 0 Å². The van der Waals surface area contributed by atoms with Gasteiger partial charge in [-0.15, -0.1) is 0 Å². The Hall–Kier alpha value is -1.10. The van der Waals surface area contributed by atoms with Crippen LogP contribution in [0.15, 0.2) is 40.9 Å². The van der Waals surface area contributed by atoms with Crippen molar-refractivity contribution in [3.05, 3.63) is 62.8 Å². The van der Waals surface area contributed by atoms with Gasteiger partial charge in [0.1, 0.15) is 18.2 Å². The highest BCUT2D eigenvalue weighted by molar-refractivity contribution is 9.10. The molecule has 0 aliphatic carbocycles. The van der Waals surface area contributed by atoms with Crippen LogP contribution in [0.1, 0.15) is 11.1 Å². The van der Waals surface area contributed by atoms with E-state index in [0.29, 0.717) is 22.6 Å². The van der Waals surface area contributed by atoms with Gasteiger partial charge in [-0.25, -0.2) is 4.39 Å². The first-order valence-electron chi connectivity index (χ1n) is 6.09. The summed E-state index contributed by atoms with van der Waals surface area (Å²) in [6.45, 7) is 0.956. The van der Waals surface area contributed by atoms with E-state index >= 15 is 0 Å². The maximum atomic E-state index is 13.3. The summed E-state index contributed by atoms with van der Waals surface area (Å²) in [4.78, 5) is 0. The third-order valence-electron chi connectivity index (χ3n) is 2.71. The smallest absolute Gasteiger partial charge is 0.124 e. The molecule has 0 spiro atoms. The van der Waals surface area contributed by atoms with Gasteiger partial charge in [0.2, 0.25) is 0 Å². The molecule has 0 atom stereocenters. The molecule has 0 fully saturated rings. The molecule has 2 nitrogen and oxygen atoms in total. The van der Waals surface area contributed by atoms with Crippen LogP contribution in [-0.2, 0) is 13.2 Å². The van der Waals surface area contributed by atoms with Crippen LogP contribution in [-0.4, -0.2) is 7.05 Å². The molecular weight excluding hydrogens is 345 g/mol. The van der Waals surface area contributed by atoms with Crippen LogP contribution in [0.25, 0.3) is 0 Å². The predicted molar refractivity (Wildman–Crippen MR) is 82.6 cm³/mol. The lowest BCUT2D eigenvalue weighted by Crippen LogP contribution is -2.07. The monoisotopic (exact) mass is 357 g/mol. The van der Waals surface area contributed by atoms with Gasteiger partial charge in [0.25, 0.3) is 0 Å². The molecule has 106 valence electrons. The number of rotatable bonds is 5. The van der Waals surface area contributed by atoms with Gasteiger partial charge in [-0.05, 0) is 49.0 Å². The zero-order valence-electron chi connectivity index (χ0n) is 10.9. The number of nitrogens with one attached hydrogen (secondary N) is 1. The molecule has 0 saturated heterocycles. The molecule has 0 aromatic heterocycles. The summed E-state index contributed by atoms with van der Waals surface area (Å²) in [6.07, 6.45) is 0. The van der Waals surface area contributed by atoms with Gasteiger partial charge in [-0.3, -0.25) is 0 Å². The van der Waals surface area contributed by atoms with Gasteiger partial charge in [0, 0.05) is 21.6 Å². The fourth-order valence-electron chi connectivity index (χ4n) is 1.87. The average molecular weight is 359 g/mol. The number of hydrogen-bond donors (Lipinski definition) is 1. The fraction of sp³-hybridized carbons (Fsp3) is 0.200. The van der Waals surface area contributed by atoms with Crippen molar-refractivity contribution in [3.8, 4) is 5.75 Å². The largest absolute Gasteiger partial charge is 0.489 e. The molecule has 0 unspecified atom stereocenters. The Bertz CT molecular complexity index is 586. The molecular formula is C15H14BrClFNO. The molecule has 0 heterocycles. The molecule has 2 aromatic carbocycles. The summed E-state index contributed by atoms with van der Waals surface area (Å²) in [7, 11) is 1.86. The Balaban J connectivity index is 2.13. The summed E-state index contributed by atoms with van der Waals surface area (Å²) in [5.41, 5.74) is 1.73. The third kappa shape index (κ3) is 4.20. The second-order valence-electron chi connectivity index (χ2n) is 4.35. The topological polar surface area (TPSA) is 21.3 Å². The minimum atomic E-state index is -0.287. The van der Waals surface area contributed by atoms with Crippen molar-refractivity contribution in [1.29, 1.82) is 0 Å². The van der Waals surface area contributed by atoms with Gasteiger partial charge >= 0.3 is 0 Å². The minimum Gasteiger partial charge on any atom is -0.489 e. The summed E-state index contributed by atoms with van der Waals surface area (Å²) in [5.74, 6) is 0.452. The van der Waals surface area contributed by atoms with Crippen molar-refractivity contribution in [3.63, 3.8) is 0 Å². The van der Waals surface area contributed by atoms with Crippen LogP contribution in [0.4, 0.5) is 4.39 Å². The highest BCUT2D eigenvalue weighted by atomic mass is 79.9. The van der Waals surface area contributed by atoms with E-state index in [4.69, 9.17) is 16.3 Å². The lowest BCUT2D eigenvalue weighted by molar-refractivity contribution is 0.301. The lowest BCUT2D eigenvalue weighted by Gasteiger charge is -2.12. The van der Waals surface area contributed by atoms with Crippen LogP contribution in [0, 0.1) is 5.82 Å². The Morgan fingerprint density at radius 2 is 2.05 bits per heavy atom. The Morgan fingerprint density at radius 1 is 1.25 bits per heavy atom. The number of hydrogen-bond acceptors (Lipinski definition) is 2. The highest BCUT2D eigenvalue weighted by Gasteiger charge is 2.06. The fourth-order valence-corrected chi connectivity index (χ4v) is 2.58. The van der Waals surface area contributed by atoms with Crippen molar-refractivity contribution in [2.75, 3.05) is 7.05 Å². The molecule has 0 saturated carbocycles. The molecule has 0 aliphatic rings. The third-order valence-corrected chi connectivity index (χ3v) is 3.40. The standard InChI is InChI=1S/C15H14BrClFNO/c1-19-8-11-6-13(17)2-3-15(11)20-9-10-4-12(16)7-14(18)5-10/h2-7,19H,8-9H2,1H3. The van der Waals surface area contributed by atoms with Crippen molar-refractivity contribution in [2.45, 2.75) is 13.2 Å². The predicted octanol–water partition coefficient (Wildman–Crippen LogP) is 4.54. The zero-order chi connectivity index (χ0) is 14.5. The summed E-state index contributed by atoms with van der Waals surface area (Å²) in [6, 6.07) is 10.2. The summed E-state index contributed by atoms with van der Waals surface area (Å²) >= 11 is 9.24. The van der Waals surface area contributed by atoms with E-state index in [1.54, 1.807) is 6.07 Å². The van der Waals surface area contributed by atoms with Gasteiger partial charge < -0.3 is 10.1 Å². The van der Waals surface area contributed by atoms with Crippen LogP contribution in [0.2, 0.25) is 5.02 Å². The Kier molecular flexibility index (Phi) is 5.40. The van der Waals surface area contributed by atoms with Crippen molar-refractivity contribution < 1.29 is 9.13 Å². The Morgan fingerprint density at radius 3 is 2.75 bits per heavy atom. The van der Waals surface area contributed by atoms with Crippen molar-refractivity contribution >= 4 is 27.5 Å². The number of ether oxygens (including phenoxy) is 1. The first-order valence-corrected chi connectivity index (χ1v) is 7.26. The number of benzene rings is 2. The van der Waals surface area contributed by atoms with Gasteiger partial charge in [-0.2, -0.15) is 0 Å². The maximum Gasteiger partial charge on any atom is 0.124 e. The molecule has 0 radical (unpaired) electrons. The lowest BCUT2D eigenvalue weighted by atomic mass is 10.2. The van der Waals surface area contributed by atoms with E-state index in [2.05, 4.69) is 21.2 Å². The molecule has 0 aliphatic heterocycles. The second kappa shape index (κ2) is 7.07. The second-order valence-corrected chi connectivity index (χ2v) is 5.70. The average Bonchev–Trinajstić information content (AvgIpc) is 2.37. The molecule has 0 amide bonds. The molecule has 5 heteroatoms. The van der Waals surface area contributed by atoms with E-state index in [-0.39, 0.29) is 5.82 Å². The molecule has 2 aromatic rings. The van der Waals surface area contributed by atoms with E-state index in [1.165, 1.54) is 12.1 Å². The molecule has 1 N–H and O–H groups in total. The SMILES string of the molecule is CNCc1cc(Cl)ccc1OCc1cc(F)cc(Br)c1. The Labute approximate surface area is 131 Å². The van der Waals surface area contributed by atoms with Crippen LogP contribution in [0.5, 0.6) is 5.75 Å². The summed E-state index contributed by atoms with van der Waals surface area (Å²) in [5, 5.41) is 3.72. The quantitative estimate of drug-likeness (QED) is 0.847. The van der Waals surface area contributed by atoms with Crippen LogP contribution < -0.4 is 10.1 Å². The van der Waals surface area contributed by atoms with Crippen LogP contribution in [0.3, 0.4) is 0 Å². The first kappa shape index (κ1) is 15.3. The van der Waals surface area contributed by atoms with Gasteiger partial charge in [0.15, 0.2) is 0 Å². The maximum absolute atomic E-state index is 13.3. The van der Waals surface area contributed by atoms with Gasteiger partial charge in [0.05, 0.1) is 0 Å². The van der Waals surface area contributed by atoms with E-state index in [1.807, 2.05) is 25.2 Å². The molecule has 20 heavy (non-hydrogen) atoms.